The first kappa shape index (κ1) is 12.7. The molecule has 1 nitrogen and oxygen atoms in total. The molecule has 0 saturated heterocycles. The van der Waals surface area contributed by atoms with Crippen molar-refractivity contribution in [3.8, 4) is 5.75 Å². The van der Waals surface area contributed by atoms with E-state index in [-0.39, 0.29) is 0 Å². The Balaban J connectivity index is 2.43. The fourth-order valence-corrected chi connectivity index (χ4v) is 2.71. The molecule has 0 aromatic heterocycles. The van der Waals surface area contributed by atoms with Gasteiger partial charge in [-0.2, -0.15) is 0 Å². The largest absolute Gasteiger partial charge is 0.541 e. The molecule has 0 saturated carbocycles. The second-order valence-corrected chi connectivity index (χ2v) is 10.3. The van der Waals surface area contributed by atoms with Crippen LogP contribution in [0.5, 0.6) is 5.75 Å². The molecule has 0 aliphatic carbocycles. The lowest BCUT2D eigenvalue weighted by molar-refractivity contribution is 0.559. The molecule has 0 radical (unpaired) electrons. The van der Waals surface area contributed by atoms with Crippen molar-refractivity contribution < 1.29 is 4.43 Å². The minimum atomic E-state index is -2.11. The first-order valence-corrected chi connectivity index (χ1v) is 9.31. The van der Waals surface area contributed by atoms with E-state index < -0.39 is 12.8 Å². The molecule has 0 spiro atoms. The van der Waals surface area contributed by atoms with E-state index >= 15 is 0 Å². The monoisotopic (exact) mass is 284 g/mol. The zero-order valence-corrected chi connectivity index (χ0v) is 12.3. The van der Waals surface area contributed by atoms with Crippen molar-refractivity contribution >= 4 is 42.3 Å². The van der Waals surface area contributed by atoms with Crippen LogP contribution < -0.4 is 4.43 Å². The van der Waals surface area contributed by atoms with E-state index in [0.717, 1.165) is 16.5 Å². The van der Waals surface area contributed by atoms with E-state index in [1.165, 1.54) is 0 Å². The van der Waals surface area contributed by atoms with Gasteiger partial charge in [0.15, 0.2) is 0 Å². The normalized spacial score (nSPS) is 12.1. The van der Waals surface area contributed by atoms with Crippen molar-refractivity contribution in [3.63, 3.8) is 0 Å². The van der Waals surface area contributed by atoms with Gasteiger partial charge in [-0.15, -0.1) is 23.2 Å². The Morgan fingerprint density at radius 3 is 2.35 bits per heavy atom. The lowest BCUT2D eigenvalue weighted by atomic mass is 10.1. The molecule has 0 atom stereocenters. The molecule has 0 N–H and O–H groups in total. The highest BCUT2D eigenvalue weighted by Crippen LogP contribution is 2.30. The van der Waals surface area contributed by atoms with Gasteiger partial charge in [-0.1, -0.05) is 36.4 Å². The SMILES string of the molecule is C[Si](C)(Oc1cccc2ccccc12)C(Cl)Cl. The summed E-state index contributed by atoms with van der Waals surface area (Å²) in [6.07, 6.45) is 0. The molecule has 0 heterocycles. The number of hydrogen-bond donors (Lipinski definition) is 0. The van der Waals surface area contributed by atoms with Crippen LogP contribution in [0.25, 0.3) is 10.8 Å². The molecule has 0 aliphatic rings. The maximum Gasteiger partial charge on any atom is 0.277 e. The smallest absolute Gasteiger partial charge is 0.277 e. The van der Waals surface area contributed by atoms with E-state index in [1.807, 2.05) is 43.4 Å². The highest BCUT2D eigenvalue weighted by Gasteiger charge is 2.33. The van der Waals surface area contributed by atoms with Gasteiger partial charge in [0.2, 0.25) is 0 Å². The van der Waals surface area contributed by atoms with Crippen LogP contribution in [0.1, 0.15) is 0 Å². The Hall–Kier alpha value is -0.703. The van der Waals surface area contributed by atoms with Crippen LogP contribution in [-0.4, -0.2) is 12.8 Å². The zero-order chi connectivity index (χ0) is 12.5. The minimum Gasteiger partial charge on any atom is -0.541 e. The second kappa shape index (κ2) is 4.89. The summed E-state index contributed by atoms with van der Waals surface area (Å²) in [7, 11) is -2.11. The molecule has 0 unspecified atom stereocenters. The summed E-state index contributed by atoms with van der Waals surface area (Å²) < 4.78 is 5.61. The maximum absolute atomic E-state index is 6.05. The number of hydrogen-bond acceptors (Lipinski definition) is 1. The van der Waals surface area contributed by atoms with Gasteiger partial charge in [-0.05, 0) is 24.5 Å². The molecule has 2 aromatic rings. The molecule has 2 aromatic carbocycles. The lowest BCUT2D eigenvalue weighted by Crippen LogP contribution is -2.41. The van der Waals surface area contributed by atoms with Crippen molar-refractivity contribution in [1.82, 2.24) is 0 Å². The van der Waals surface area contributed by atoms with Gasteiger partial charge in [0, 0.05) is 5.39 Å². The van der Waals surface area contributed by atoms with Crippen LogP contribution in [-0.2, 0) is 0 Å². The number of benzene rings is 2. The number of fused-ring (bicyclic) bond motifs is 1. The lowest BCUT2D eigenvalue weighted by Gasteiger charge is -2.25. The van der Waals surface area contributed by atoms with E-state index in [1.54, 1.807) is 0 Å². The van der Waals surface area contributed by atoms with Crippen molar-refractivity contribution in [3.05, 3.63) is 42.5 Å². The van der Waals surface area contributed by atoms with E-state index in [2.05, 4.69) is 12.1 Å². The summed E-state index contributed by atoms with van der Waals surface area (Å²) in [6.45, 7) is 4.03. The molecule has 0 bridgehead atoms. The predicted octanol–water partition coefficient (Wildman–Crippen LogP) is 4.77. The van der Waals surface area contributed by atoms with Crippen LogP contribution in [0.4, 0.5) is 0 Å². The molecule has 4 heteroatoms. The number of alkyl halides is 2. The average Bonchev–Trinajstić information content (AvgIpc) is 2.29. The van der Waals surface area contributed by atoms with Crippen LogP contribution >= 0.6 is 23.2 Å². The third-order valence-corrected chi connectivity index (χ3v) is 7.60. The fraction of sp³-hybridized carbons (Fsp3) is 0.231. The predicted molar refractivity (Wildman–Crippen MR) is 77.6 cm³/mol. The van der Waals surface area contributed by atoms with Crippen molar-refractivity contribution in [1.29, 1.82) is 0 Å². The summed E-state index contributed by atoms with van der Waals surface area (Å²) in [5, 5.41) is 2.26. The average molecular weight is 285 g/mol. The standard InChI is InChI=1S/C13H14Cl2OSi/c1-17(2,13(14)15)16-12-9-5-7-10-6-3-4-8-11(10)12/h3-9,13H,1-2H3. The van der Waals surface area contributed by atoms with Gasteiger partial charge in [-0.3, -0.25) is 0 Å². The van der Waals surface area contributed by atoms with Crippen molar-refractivity contribution in [2.75, 3.05) is 0 Å². The first-order chi connectivity index (χ1) is 8.00. The quantitative estimate of drug-likeness (QED) is 0.583. The third-order valence-electron chi connectivity index (χ3n) is 2.65. The highest BCUT2D eigenvalue weighted by molar-refractivity contribution is 6.88. The van der Waals surface area contributed by atoms with Crippen LogP contribution in [0.15, 0.2) is 42.5 Å². The van der Waals surface area contributed by atoms with Crippen molar-refractivity contribution in [2.45, 2.75) is 17.6 Å². The van der Waals surface area contributed by atoms with Gasteiger partial charge in [0.1, 0.15) is 10.2 Å². The number of rotatable bonds is 3. The van der Waals surface area contributed by atoms with Gasteiger partial charge >= 0.3 is 0 Å². The Morgan fingerprint density at radius 2 is 1.65 bits per heavy atom. The molecule has 90 valence electrons. The highest BCUT2D eigenvalue weighted by atomic mass is 35.5. The summed E-state index contributed by atoms with van der Waals surface area (Å²) in [5.74, 6) is 0.867. The molecule has 0 amide bonds. The Labute approximate surface area is 112 Å². The first-order valence-electron chi connectivity index (χ1n) is 5.45. The Kier molecular flexibility index (Phi) is 3.66. The zero-order valence-electron chi connectivity index (χ0n) is 9.78. The molecule has 2 rings (SSSR count). The van der Waals surface area contributed by atoms with Crippen LogP contribution in [0.2, 0.25) is 13.1 Å². The fourth-order valence-electron chi connectivity index (χ4n) is 1.61. The summed E-state index contributed by atoms with van der Waals surface area (Å²) >= 11 is 11.9. The Bertz CT molecular complexity index is 520. The Morgan fingerprint density at radius 1 is 1.00 bits per heavy atom. The molecular formula is C13H14Cl2OSi. The topological polar surface area (TPSA) is 9.23 Å². The van der Waals surface area contributed by atoms with E-state index in [4.69, 9.17) is 27.6 Å². The summed E-state index contributed by atoms with van der Waals surface area (Å²) in [6, 6.07) is 14.1. The van der Waals surface area contributed by atoms with Crippen LogP contribution in [0.3, 0.4) is 0 Å². The number of halogens is 2. The van der Waals surface area contributed by atoms with Crippen LogP contribution in [0, 0.1) is 0 Å². The molecule has 17 heavy (non-hydrogen) atoms. The van der Waals surface area contributed by atoms with Gasteiger partial charge in [-0.25, -0.2) is 0 Å². The maximum atomic E-state index is 6.05. The minimum absolute atomic E-state index is 0.443. The van der Waals surface area contributed by atoms with E-state index in [9.17, 15) is 0 Å². The van der Waals surface area contributed by atoms with Gasteiger partial charge in [0.05, 0.1) is 0 Å². The molecular weight excluding hydrogens is 271 g/mol. The summed E-state index contributed by atoms with van der Waals surface area (Å²) in [5.41, 5.74) is 0. The molecule has 0 aliphatic heterocycles. The summed E-state index contributed by atoms with van der Waals surface area (Å²) in [4.78, 5) is 0. The molecule has 0 fully saturated rings. The van der Waals surface area contributed by atoms with Crippen molar-refractivity contribution in [2.24, 2.45) is 0 Å². The second-order valence-electron chi connectivity index (χ2n) is 4.48. The van der Waals surface area contributed by atoms with E-state index in [0.29, 0.717) is 0 Å². The van der Waals surface area contributed by atoms with Gasteiger partial charge in [0.25, 0.3) is 8.32 Å². The van der Waals surface area contributed by atoms with Gasteiger partial charge < -0.3 is 4.43 Å². The third kappa shape index (κ3) is 2.76.